The molecule has 3 unspecified atom stereocenters. The molecule has 0 aromatic rings. The zero-order chi connectivity index (χ0) is 56.3. The molecule has 0 aromatic heterocycles. The van der Waals surface area contributed by atoms with Crippen LogP contribution in [-0.4, -0.2) is 133 Å². The van der Waals surface area contributed by atoms with E-state index in [1.807, 2.05) is 4.90 Å². The molecule has 3 atom stereocenters. The van der Waals surface area contributed by atoms with Gasteiger partial charge in [0.15, 0.2) is 0 Å². The normalized spacial score (nSPS) is 14.2. The molecule has 16 nitrogen and oxygen atoms in total. The summed E-state index contributed by atoms with van der Waals surface area (Å²) >= 11 is 0. The Morgan fingerprint density at radius 3 is 0.945 bits per heavy atom. The number of nitrogens with two attached hydrogens (primary N) is 2. The summed E-state index contributed by atoms with van der Waals surface area (Å²) in [6.45, 7) is 46.3. The summed E-state index contributed by atoms with van der Waals surface area (Å²) in [5, 5.41) is 25.7. The Balaban J connectivity index is 6.03. The molecule has 73 heavy (non-hydrogen) atoms. The van der Waals surface area contributed by atoms with E-state index in [1.54, 1.807) is 0 Å². The Bertz CT molecular complexity index is 1540. The van der Waals surface area contributed by atoms with Crippen LogP contribution in [0, 0.1) is 62.1 Å². The van der Waals surface area contributed by atoms with Gasteiger partial charge in [-0.2, -0.15) is 0 Å². The van der Waals surface area contributed by atoms with E-state index in [0.29, 0.717) is 124 Å². The predicted octanol–water partition coefficient (Wildman–Crippen LogP) is 5.99. The Morgan fingerprint density at radius 2 is 0.616 bits per heavy atom. The van der Waals surface area contributed by atoms with Gasteiger partial charge in [0, 0.05) is 128 Å². The van der Waals surface area contributed by atoms with Gasteiger partial charge in [-0.15, -0.1) is 0 Å². The quantitative estimate of drug-likeness (QED) is 0.0259. The van der Waals surface area contributed by atoms with E-state index in [1.165, 1.54) is 0 Å². The maximum absolute atomic E-state index is 14.2. The van der Waals surface area contributed by atoms with E-state index in [-0.39, 0.29) is 73.9 Å². The van der Waals surface area contributed by atoms with Crippen LogP contribution in [0.15, 0.2) is 0 Å². The van der Waals surface area contributed by atoms with Crippen LogP contribution >= 0.6 is 0 Å². The second kappa shape index (κ2) is 34.0. The molecule has 5 amide bonds. The molecular formula is C57H117N11O5. The largest absolute Gasteiger partial charge is 0.355 e. The summed E-state index contributed by atoms with van der Waals surface area (Å²) in [6.07, 6.45) is 4.96. The fraction of sp³-hybridized carbons (Fsp3) is 0.912. The van der Waals surface area contributed by atoms with E-state index in [9.17, 15) is 24.0 Å². The van der Waals surface area contributed by atoms with Crippen molar-refractivity contribution in [3.8, 4) is 0 Å². The van der Waals surface area contributed by atoms with Gasteiger partial charge in [0.25, 0.3) is 0 Å². The van der Waals surface area contributed by atoms with Crippen LogP contribution in [0.1, 0.15) is 176 Å². The minimum Gasteiger partial charge on any atom is -0.355 e. The number of nitrogens with one attached hydrogen (secondary N) is 8. The average molecular weight is 1040 g/mol. The summed E-state index contributed by atoms with van der Waals surface area (Å²) in [5.74, 6) is -1.84. The Kier molecular flexibility index (Phi) is 32.7. The highest BCUT2D eigenvalue weighted by Gasteiger charge is 2.36. The first-order valence-electron chi connectivity index (χ1n) is 28.1. The van der Waals surface area contributed by atoms with Crippen LogP contribution < -0.4 is 54.0 Å². The first-order valence-corrected chi connectivity index (χ1v) is 28.1. The van der Waals surface area contributed by atoms with E-state index >= 15 is 0 Å². The third kappa shape index (κ3) is 38.3. The van der Waals surface area contributed by atoms with Crippen molar-refractivity contribution in [2.45, 2.75) is 176 Å². The van der Waals surface area contributed by atoms with Crippen molar-refractivity contribution in [3.63, 3.8) is 0 Å². The molecule has 0 radical (unpaired) electrons. The van der Waals surface area contributed by atoms with Crippen molar-refractivity contribution in [1.29, 1.82) is 0 Å². The van der Waals surface area contributed by atoms with E-state index in [4.69, 9.17) is 11.5 Å². The van der Waals surface area contributed by atoms with Crippen LogP contribution in [0.4, 0.5) is 0 Å². The van der Waals surface area contributed by atoms with E-state index < -0.39 is 17.8 Å². The first kappa shape index (κ1) is 70.1. The molecule has 430 valence electrons. The summed E-state index contributed by atoms with van der Waals surface area (Å²) in [4.78, 5) is 71.7. The molecule has 0 aliphatic carbocycles. The van der Waals surface area contributed by atoms with Gasteiger partial charge in [0.1, 0.15) is 0 Å². The number of carbonyl (C=O) groups is 5. The van der Waals surface area contributed by atoms with E-state index in [2.05, 4.69) is 167 Å². The maximum Gasteiger partial charge on any atom is 0.225 e. The van der Waals surface area contributed by atoms with Gasteiger partial charge in [-0.1, -0.05) is 125 Å². The average Bonchev–Trinajstić information content (AvgIpc) is 3.21. The zero-order valence-electron chi connectivity index (χ0n) is 50.3. The summed E-state index contributed by atoms with van der Waals surface area (Å²) in [6, 6.07) is 0. The topological polar surface area (TPSA) is 237 Å². The van der Waals surface area contributed by atoms with Crippen LogP contribution in [0.25, 0.3) is 0 Å². The molecule has 16 heteroatoms. The molecule has 0 bridgehead atoms. The van der Waals surface area contributed by atoms with Crippen LogP contribution in [0.3, 0.4) is 0 Å². The number of amides is 5. The highest BCUT2D eigenvalue weighted by molar-refractivity contribution is 5.84. The molecule has 0 saturated heterocycles. The van der Waals surface area contributed by atoms with Crippen LogP contribution in [-0.2, 0) is 24.0 Å². The monoisotopic (exact) mass is 1040 g/mol. The highest BCUT2D eigenvalue weighted by atomic mass is 16.2. The molecule has 0 spiro atoms. The fourth-order valence-corrected chi connectivity index (χ4v) is 9.77. The zero-order valence-corrected chi connectivity index (χ0v) is 50.3. The van der Waals surface area contributed by atoms with Crippen molar-refractivity contribution in [1.82, 2.24) is 47.4 Å². The fourth-order valence-electron chi connectivity index (χ4n) is 9.77. The van der Waals surface area contributed by atoms with Crippen molar-refractivity contribution in [2.75, 3.05) is 98.3 Å². The SMILES string of the molecule is CC(C)(C)CC(CC(CC(CC(C)(C)C)C(=O)NCCNCCN(CCNCN)C(=O)C(CC(C)(C)C)CC(C)(C)C)C(=O)NCCNCCN)C(=O)NCCNCCNC(=O)C(CC(C)(C)C)CC(C)(C)C. The van der Waals surface area contributed by atoms with Crippen molar-refractivity contribution in [3.05, 3.63) is 0 Å². The van der Waals surface area contributed by atoms with Gasteiger partial charge >= 0.3 is 0 Å². The van der Waals surface area contributed by atoms with Gasteiger partial charge in [-0.3, -0.25) is 24.0 Å². The Labute approximate surface area is 447 Å². The molecule has 12 N–H and O–H groups in total. The van der Waals surface area contributed by atoms with Crippen LogP contribution in [0.5, 0.6) is 0 Å². The first-order chi connectivity index (χ1) is 33.5. The van der Waals surface area contributed by atoms with E-state index in [0.717, 1.165) is 25.7 Å². The molecule has 0 aromatic carbocycles. The third-order valence-corrected chi connectivity index (χ3v) is 12.4. The lowest BCUT2D eigenvalue weighted by Crippen LogP contribution is -2.46. The van der Waals surface area contributed by atoms with Crippen LogP contribution in [0.2, 0.25) is 0 Å². The predicted molar refractivity (Wildman–Crippen MR) is 304 cm³/mol. The molecule has 0 rings (SSSR count). The van der Waals surface area contributed by atoms with Crippen molar-refractivity contribution >= 4 is 29.5 Å². The number of rotatable bonds is 36. The minimum atomic E-state index is -0.594. The van der Waals surface area contributed by atoms with Gasteiger partial charge in [0.2, 0.25) is 29.5 Å². The molecule has 0 aliphatic rings. The van der Waals surface area contributed by atoms with Crippen molar-refractivity contribution < 1.29 is 24.0 Å². The molecule has 0 fully saturated rings. The standard InChI is InChI=1S/C57H117N11O5/c1-52(2,3)35-43(48(70)65-26-22-61-23-27-67-50(72)45(37-54(7,8)9)38-55(10,11)12)33-42(47(69)64-25-21-60-20-19-58)34-44(36-53(4,5)6)49(71)66-28-24-62-29-31-68(32-30-63-41-59)51(73)46(39-56(13,14)15)40-57(16,17)18/h42-46,60-63H,19-41,58-59H2,1-18H3,(H,64,69)(H,65,70)(H,66,71)(H,67,72). The summed E-state index contributed by atoms with van der Waals surface area (Å²) in [7, 11) is 0. The number of hydrogen-bond donors (Lipinski definition) is 10. The highest BCUT2D eigenvalue weighted by Crippen LogP contribution is 2.36. The summed E-state index contributed by atoms with van der Waals surface area (Å²) in [5.41, 5.74) is 11.1. The lowest BCUT2D eigenvalue weighted by atomic mass is 9.75. The molecule has 0 heterocycles. The lowest BCUT2D eigenvalue weighted by Gasteiger charge is -2.34. The molecular weight excluding hydrogens is 919 g/mol. The smallest absolute Gasteiger partial charge is 0.225 e. The summed E-state index contributed by atoms with van der Waals surface area (Å²) < 4.78 is 0. The minimum absolute atomic E-state index is 0.00680. The van der Waals surface area contributed by atoms with Gasteiger partial charge in [-0.05, 0) is 83.9 Å². The Morgan fingerprint density at radius 1 is 0.342 bits per heavy atom. The molecule has 0 aliphatic heterocycles. The maximum atomic E-state index is 14.2. The Hall–Kier alpha value is -2.89. The number of hydrogen-bond acceptors (Lipinski definition) is 11. The number of nitrogens with zero attached hydrogens (tertiary/aromatic N) is 1. The second-order valence-corrected chi connectivity index (χ2v) is 28.3. The lowest BCUT2D eigenvalue weighted by molar-refractivity contribution is -0.137. The second-order valence-electron chi connectivity index (χ2n) is 28.3. The van der Waals surface area contributed by atoms with Crippen molar-refractivity contribution in [2.24, 2.45) is 73.5 Å². The third-order valence-electron chi connectivity index (χ3n) is 12.4. The number of carbonyl (C=O) groups excluding carboxylic acids is 5. The van der Waals surface area contributed by atoms with Gasteiger partial charge < -0.3 is 58.9 Å². The molecule has 0 saturated carbocycles. The van der Waals surface area contributed by atoms with Gasteiger partial charge in [-0.25, -0.2) is 0 Å². The van der Waals surface area contributed by atoms with Gasteiger partial charge in [0.05, 0.1) is 0 Å².